The highest BCUT2D eigenvalue weighted by Gasteiger charge is 2.26. The van der Waals surface area contributed by atoms with Crippen LogP contribution in [0.25, 0.3) is 0 Å². The monoisotopic (exact) mass is 247 g/mol. The fraction of sp³-hybridized carbons (Fsp3) is 0.556. The predicted octanol–water partition coefficient (Wildman–Crippen LogP) is 1.68. The maximum Gasteiger partial charge on any atom is 0.169 e. The molecular weight excluding hydrogens is 234 g/mol. The highest BCUT2D eigenvalue weighted by molar-refractivity contribution is 9.10. The average Bonchev–Trinajstić information content (AvgIpc) is 2.34. The van der Waals surface area contributed by atoms with Crippen LogP contribution in [0.15, 0.2) is 21.4 Å². The summed E-state index contributed by atoms with van der Waals surface area (Å²) in [5, 5.41) is 9.87. The van der Waals surface area contributed by atoms with Crippen molar-refractivity contribution in [1.82, 2.24) is 0 Å². The molecule has 0 fully saturated rings. The lowest BCUT2D eigenvalue weighted by atomic mass is 9.92. The average molecular weight is 248 g/mol. The smallest absolute Gasteiger partial charge is 0.169 e. The number of aliphatic hydroxyl groups is 1. The van der Waals surface area contributed by atoms with Crippen LogP contribution in [0.2, 0.25) is 0 Å². The van der Waals surface area contributed by atoms with Gasteiger partial charge in [0.15, 0.2) is 4.67 Å². The number of hydrogen-bond acceptors (Lipinski definition) is 3. The van der Waals surface area contributed by atoms with Crippen molar-refractivity contribution in [1.29, 1.82) is 0 Å². The summed E-state index contributed by atoms with van der Waals surface area (Å²) < 4.78 is 5.72. The van der Waals surface area contributed by atoms with Crippen LogP contribution in [0.3, 0.4) is 0 Å². The van der Waals surface area contributed by atoms with Gasteiger partial charge in [0.05, 0.1) is 11.9 Å². The Kier molecular flexibility index (Phi) is 3.16. The number of halogens is 1. The van der Waals surface area contributed by atoms with Gasteiger partial charge in [-0.2, -0.15) is 0 Å². The first-order chi connectivity index (χ1) is 5.92. The van der Waals surface area contributed by atoms with Crippen LogP contribution >= 0.6 is 15.9 Å². The number of hydrogen-bond donors (Lipinski definition) is 2. The van der Waals surface area contributed by atoms with Gasteiger partial charge in [0.1, 0.15) is 0 Å². The lowest BCUT2D eigenvalue weighted by Gasteiger charge is -2.26. The first kappa shape index (κ1) is 10.8. The molecule has 3 N–H and O–H groups in total. The third kappa shape index (κ3) is 2.83. The van der Waals surface area contributed by atoms with E-state index >= 15 is 0 Å². The van der Waals surface area contributed by atoms with Crippen molar-refractivity contribution in [3.63, 3.8) is 0 Å². The van der Waals surface area contributed by atoms with E-state index in [9.17, 15) is 5.11 Å². The van der Waals surface area contributed by atoms with Crippen LogP contribution < -0.4 is 5.73 Å². The number of nitrogens with two attached hydrogens (primary N) is 1. The van der Waals surface area contributed by atoms with E-state index in [2.05, 4.69) is 15.9 Å². The van der Waals surface area contributed by atoms with Crippen LogP contribution in [0.1, 0.15) is 19.4 Å². The van der Waals surface area contributed by atoms with Gasteiger partial charge < -0.3 is 15.3 Å². The highest BCUT2D eigenvalue weighted by atomic mass is 79.9. The molecule has 0 aliphatic carbocycles. The first-order valence-electron chi connectivity index (χ1n) is 4.12. The van der Waals surface area contributed by atoms with Crippen molar-refractivity contribution in [3.05, 3.63) is 22.6 Å². The fourth-order valence-electron chi connectivity index (χ4n) is 1.01. The summed E-state index contributed by atoms with van der Waals surface area (Å²) in [5.41, 5.74) is 5.69. The van der Waals surface area contributed by atoms with Gasteiger partial charge in [0.25, 0.3) is 0 Å². The molecule has 0 bridgehead atoms. The van der Waals surface area contributed by atoms with Crippen LogP contribution in [-0.4, -0.2) is 16.7 Å². The standard InChI is InChI=1S/C9H14BrNO2/c1-6(11)9(2,12)4-7-3-8(10)13-5-7/h3,5-6,12H,4,11H2,1-2H3. The van der Waals surface area contributed by atoms with Gasteiger partial charge in [0, 0.05) is 12.5 Å². The predicted molar refractivity (Wildman–Crippen MR) is 54.4 cm³/mol. The van der Waals surface area contributed by atoms with Crippen LogP contribution in [0.5, 0.6) is 0 Å². The summed E-state index contributed by atoms with van der Waals surface area (Å²) in [6, 6.07) is 1.57. The number of rotatable bonds is 3. The lowest BCUT2D eigenvalue weighted by molar-refractivity contribution is 0.0387. The summed E-state index contributed by atoms with van der Waals surface area (Å²) in [6.07, 6.45) is 2.11. The molecule has 1 aromatic rings. The number of furan rings is 1. The van der Waals surface area contributed by atoms with E-state index in [0.717, 1.165) is 5.56 Å². The summed E-state index contributed by atoms with van der Waals surface area (Å²) in [7, 11) is 0. The molecule has 0 saturated heterocycles. The van der Waals surface area contributed by atoms with Gasteiger partial charge in [-0.1, -0.05) is 0 Å². The molecule has 74 valence electrons. The Bertz CT molecular complexity index is 281. The minimum absolute atomic E-state index is 0.263. The SMILES string of the molecule is CC(N)C(C)(O)Cc1coc(Br)c1. The molecule has 3 nitrogen and oxygen atoms in total. The molecule has 2 unspecified atom stereocenters. The molecular formula is C9H14BrNO2. The van der Waals surface area contributed by atoms with E-state index in [0.29, 0.717) is 11.1 Å². The van der Waals surface area contributed by atoms with Crippen LogP contribution in [0, 0.1) is 0 Å². The Hall–Kier alpha value is -0.320. The molecule has 1 heterocycles. The molecule has 13 heavy (non-hydrogen) atoms. The zero-order chi connectivity index (χ0) is 10.1. The van der Waals surface area contributed by atoms with E-state index in [1.165, 1.54) is 0 Å². The Morgan fingerprint density at radius 1 is 1.77 bits per heavy atom. The van der Waals surface area contributed by atoms with Crippen molar-refractivity contribution in [2.75, 3.05) is 0 Å². The zero-order valence-corrected chi connectivity index (χ0v) is 9.34. The molecule has 0 aromatic carbocycles. The summed E-state index contributed by atoms with van der Waals surface area (Å²) in [4.78, 5) is 0. The van der Waals surface area contributed by atoms with Gasteiger partial charge in [-0.15, -0.1) is 0 Å². The highest BCUT2D eigenvalue weighted by Crippen LogP contribution is 2.20. The molecule has 1 aromatic heterocycles. The lowest BCUT2D eigenvalue weighted by Crippen LogP contribution is -2.45. The zero-order valence-electron chi connectivity index (χ0n) is 7.75. The van der Waals surface area contributed by atoms with Crippen molar-refractivity contribution in [3.8, 4) is 0 Å². The van der Waals surface area contributed by atoms with Crippen molar-refractivity contribution >= 4 is 15.9 Å². The molecule has 0 aliphatic heterocycles. The molecule has 0 saturated carbocycles. The maximum atomic E-state index is 9.87. The van der Waals surface area contributed by atoms with E-state index in [1.54, 1.807) is 20.1 Å². The molecule has 1 rings (SSSR count). The molecule has 0 radical (unpaired) electrons. The largest absolute Gasteiger partial charge is 0.457 e. The summed E-state index contributed by atoms with van der Waals surface area (Å²) in [5.74, 6) is 0. The summed E-state index contributed by atoms with van der Waals surface area (Å²) in [6.45, 7) is 3.51. The first-order valence-corrected chi connectivity index (χ1v) is 4.92. The Morgan fingerprint density at radius 2 is 2.38 bits per heavy atom. The van der Waals surface area contributed by atoms with Crippen molar-refractivity contribution < 1.29 is 9.52 Å². The molecule has 4 heteroatoms. The van der Waals surface area contributed by atoms with Gasteiger partial charge >= 0.3 is 0 Å². The van der Waals surface area contributed by atoms with E-state index < -0.39 is 5.60 Å². The Balaban J connectivity index is 2.68. The third-order valence-corrected chi connectivity index (χ3v) is 2.58. The topological polar surface area (TPSA) is 59.4 Å². The van der Waals surface area contributed by atoms with Crippen molar-refractivity contribution in [2.45, 2.75) is 31.9 Å². The minimum Gasteiger partial charge on any atom is -0.457 e. The van der Waals surface area contributed by atoms with Crippen LogP contribution in [0.4, 0.5) is 0 Å². The van der Waals surface area contributed by atoms with Gasteiger partial charge in [-0.05, 0) is 41.4 Å². The van der Waals surface area contributed by atoms with E-state index in [1.807, 2.05) is 6.07 Å². The second kappa shape index (κ2) is 3.82. The summed E-state index contributed by atoms with van der Waals surface area (Å²) >= 11 is 3.20. The van der Waals surface area contributed by atoms with Gasteiger partial charge in [-0.3, -0.25) is 0 Å². The van der Waals surface area contributed by atoms with Gasteiger partial charge in [-0.25, -0.2) is 0 Å². The van der Waals surface area contributed by atoms with E-state index in [4.69, 9.17) is 10.2 Å². The molecule has 0 spiro atoms. The van der Waals surface area contributed by atoms with Crippen LogP contribution in [-0.2, 0) is 6.42 Å². The normalized spacial score (nSPS) is 18.2. The molecule has 0 amide bonds. The molecule has 0 aliphatic rings. The Morgan fingerprint density at radius 3 is 2.77 bits per heavy atom. The molecule has 2 atom stereocenters. The Labute approximate surface area is 86.1 Å². The van der Waals surface area contributed by atoms with Crippen molar-refractivity contribution in [2.24, 2.45) is 5.73 Å². The second-order valence-electron chi connectivity index (χ2n) is 3.58. The third-order valence-electron chi connectivity index (χ3n) is 2.16. The fourth-order valence-corrected chi connectivity index (χ4v) is 1.40. The van der Waals surface area contributed by atoms with E-state index in [-0.39, 0.29) is 6.04 Å². The minimum atomic E-state index is -0.886. The second-order valence-corrected chi connectivity index (χ2v) is 4.36. The maximum absolute atomic E-state index is 9.87. The van der Waals surface area contributed by atoms with Gasteiger partial charge in [0.2, 0.25) is 0 Å². The quantitative estimate of drug-likeness (QED) is 0.855.